The van der Waals surface area contributed by atoms with Gasteiger partial charge in [0, 0.05) is 27.8 Å². The summed E-state index contributed by atoms with van der Waals surface area (Å²) >= 11 is 0. The lowest BCUT2D eigenvalue weighted by molar-refractivity contribution is 0.640. The van der Waals surface area contributed by atoms with E-state index in [1.54, 1.807) is 6.07 Å². The van der Waals surface area contributed by atoms with Gasteiger partial charge in [0.2, 0.25) is 0 Å². The molecule has 0 atom stereocenters. The van der Waals surface area contributed by atoms with Crippen LogP contribution in [0.15, 0.2) is 243 Å². The molecular formula is C58H40FN. The Morgan fingerprint density at radius 3 is 1.07 bits per heavy atom. The summed E-state index contributed by atoms with van der Waals surface area (Å²) in [7, 11) is 0. The molecule has 1 nitrogen and oxygen atoms in total. The van der Waals surface area contributed by atoms with Crippen molar-refractivity contribution in [2.75, 3.05) is 4.90 Å². The fraction of sp³-hybridized carbons (Fsp3) is 0. The van der Waals surface area contributed by atoms with Crippen molar-refractivity contribution < 1.29 is 4.39 Å². The molecule has 0 spiro atoms. The van der Waals surface area contributed by atoms with Crippen LogP contribution in [0, 0.1) is 5.82 Å². The summed E-state index contributed by atoms with van der Waals surface area (Å²) in [5.41, 5.74) is 16.7. The summed E-state index contributed by atoms with van der Waals surface area (Å²) in [6.07, 6.45) is 0. The first-order valence-electron chi connectivity index (χ1n) is 20.4. The van der Waals surface area contributed by atoms with Crippen LogP contribution in [-0.4, -0.2) is 0 Å². The molecule has 0 N–H and O–H groups in total. The quantitative estimate of drug-likeness (QED) is 0.141. The van der Waals surface area contributed by atoms with Crippen LogP contribution < -0.4 is 4.90 Å². The summed E-state index contributed by atoms with van der Waals surface area (Å²) in [6.45, 7) is 0. The van der Waals surface area contributed by atoms with Crippen molar-refractivity contribution in [3.8, 4) is 66.8 Å². The molecule has 0 amide bonds. The van der Waals surface area contributed by atoms with Crippen molar-refractivity contribution in [3.63, 3.8) is 0 Å². The third-order valence-electron chi connectivity index (χ3n) is 11.4. The molecule has 10 aromatic rings. The van der Waals surface area contributed by atoms with Gasteiger partial charge in [0.1, 0.15) is 5.82 Å². The van der Waals surface area contributed by atoms with E-state index in [9.17, 15) is 0 Å². The molecule has 0 fully saturated rings. The molecule has 0 aliphatic heterocycles. The zero-order chi connectivity index (χ0) is 40.3. The van der Waals surface area contributed by atoms with Gasteiger partial charge in [0.15, 0.2) is 0 Å². The van der Waals surface area contributed by atoms with Crippen molar-refractivity contribution in [1.82, 2.24) is 0 Å². The highest BCUT2D eigenvalue weighted by atomic mass is 19.1. The molecule has 10 rings (SSSR count). The monoisotopic (exact) mass is 769 g/mol. The Morgan fingerprint density at radius 1 is 0.233 bits per heavy atom. The molecule has 0 heterocycles. The van der Waals surface area contributed by atoms with Crippen LogP contribution in [0.3, 0.4) is 0 Å². The van der Waals surface area contributed by atoms with E-state index in [2.05, 4.69) is 199 Å². The minimum atomic E-state index is -0.222. The molecule has 0 saturated heterocycles. The number of nitrogens with zero attached hydrogens (tertiary/aromatic N) is 1. The first-order chi connectivity index (χ1) is 29.7. The van der Waals surface area contributed by atoms with Gasteiger partial charge in [-0.3, -0.25) is 0 Å². The first-order valence-corrected chi connectivity index (χ1v) is 20.4. The second-order valence-electron chi connectivity index (χ2n) is 15.0. The van der Waals surface area contributed by atoms with Gasteiger partial charge in [0.25, 0.3) is 0 Å². The first kappa shape index (κ1) is 36.5. The molecule has 2 heteroatoms. The summed E-state index contributed by atoms with van der Waals surface area (Å²) in [4.78, 5) is 2.30. The molecule has 0 saturated carbocycles. The van der Waals surface area contributed by atoms with E-state index in [1.165, 1.54) is 33.4 Å². The molecule has 0 aromatic heterocycles. The van der Waals surface area contributed by atoms with Crippen LogP contribution >= 0.6 is 0 Å². The number of anilines is 3. The third kappa shape index (κ3) is 7.06. The van der Waals surface area contributed by atoms with Gasteiger partial charge in [-0.15, -0.1) is 0 Å². The van der Waals surface area contributed by atoms with E-state index < -0.39 is 0 Å². The molecule has 0 aliphatic carbocycles. The summed E-state index contributed by atoms with van der Waals surface area (Å²) in [6, 6.07) is 84.4. The highest BCUT2D eigenvalue weighted by Crippen LogP contribution is 2.42. The lowest BCUT2D eigenvalue weighted by atomic mass is 9.89. The van der Waals surface area contributed by atoms with Crippen molar-refractivity contribution >= 4 is 27.8 Å². The number of halogens is 1. The molecule has 0 aliphatic rings. The molecule has 284 valence electrons. The van der Waals surface area contributed by atoms with Gasteiger partial charge < -0.3 is 4.90 Å². The van der Waals surface area contributed by atoms with Crippen molar-refractivity contribution in [2.45, 2.75) is 0 Å². The van der Waals surface area contributed by atoms with E-state index >= 15 is 4.39 Å². The standard InChI is InChI=1S/C58H40FN/c59-57-40-39-53(58-52(25-14-26-56(57)58)44-19-8-3-9-20-44)46-31-37-49(38-32-46)60(47-33-27-42(28-34-47)41-15-4-1-5-16-41)48-35-29-45(30-36-48)51-22-11-13-24-55(51)54-23-12-10-21-50(54)43-17-6-2-7-18-43/h1-40H. The fourth-order valence-corrected chi connectivity index (χ4v) is 8.49. The minimum absolute atomic E-state index is 0.222. The topological polar surface area (TPSA) is 3.24 Å². The second-order valence-corrected chi connectivity index (χ2v) is 15.0. The molecule has 0 radical (unpaired) electrons. The molecular weight excluding hydrogens is 730 g/mol. The lowest BCUT2D eigenvalue weighted by Crippen LogP contribution is -2.09. The Balaban J connectivity index is 1.05. The van der Waals surface area contributed by atoms with E-state index in [1.807, 2.05) is 42.5 Å². The Labute approximate surface area is 350 Å². The Kier molecular flexibility index (Phi) is 9.87. The predicted molar refractivity (Wildman–Crippen MR) is 251 cm³/mol. The number of hydrogen-bond acceptors (Lipinski definition) is 1. The molecule has 0 unspecified atom stereocenters. The van der Waals surface area contributed by atoms with Gasteiger partial charge in [-0.1, -0.05) is 200 Å². The van der Waals surface area contributed by atoms with Gasteiger partial charge in [-0.25, -0.2) is 4.39 Å². The number of rotatable bonds is 9. The number of hydrogen-bond donors (Lipinski definition) is 0. The summed E-state index contributed by atoms with van der Waals surface area (Å²) in [5, 5.41) is 1.52. The predicted octanol–water partition coefficient (Wildman–Crippen LogP) is 16.5. The van der Waals surface area contributed by atoms with Crippen LogP contribution in [0.1, 0.15) is 0 Å². The Bertz CT molecular complexity index is 3050. The second kappa shape index (κ2) is 16.2. The van der Waals surface area contributed by atoms with Crippen molar-refractivity contribution in [3.05, 3.63) is 248 Å². The van der Waals surface area contributed by atoms with Crippen LogP contribution in [0.5, 0.6) is 0 Å². The zero-order valence-corrected chi connectivity index (χ0v) is 32.9. The van der Waals surface area contributed by atoms with Crippen molar-refractivity contribution in [2.24, 2.45) is 0 Å². The maximum Gasteiger partial charge on any atom is 0.131 e. The zero-order valence-electron chi connectivity index (χ0n) is 32.9. The Morgan fingerprint density at radius 2 is 0.567 bits per heavy atom. The van der Waals surface area contributed by atoms with Gasteiger partial charge >= 0.3 is 0 Å². The van der Waals surface area contributed by atoms with Crippen LogP contribution in [0.2, 0.25) is 0 Å². The number of benzene rings is 10. The smallest absolute Gasteiger partial charge is 0.131 e. The van der Waals surface area contributed by atoms with E-state index in [0.29, 0.717) is 5.39 Å². The van der Waals surface area contributed by atoms with Gasteiger partial charge in [-0.05, 0) is 109 Å². The van der Waals surface area contributed by atoms with Gasteiger partial charge in [-0.2, -0.15) is 0 Å². The SMILES string of the molecule is Fc1ccc(-c2ccc(N(c3ccc(-c4ccccc4)cc3)c3ccc(-c4ccccc4-c4ccccc4-c4ccccc4)cc3)cc2)c2c(-c3ccccc3)cccc12. The number of fused-ring (bicyclic) bond motifs is 1. The maximum absolute atomic E-state index is 15.4. The normalized spacial score (nSPS) is 11.1. The van der Waals surface area contributed by atoms with Crippen LogP contribution in [0.25, 0.3) is 77.5 Å². The minimum Gasteiger partial charge on any atom is -0.311 e. The molecule has 10 aromatic carbocycles. The average Bonchev–Trinajstić information content (AvgIpc) is 3.33. The fourth-order valence-electron chi connectivity index (χ4n) is 8.49. The Hall–Kier alpha value is -7.81. The third-order valence-corrected chi connectivity index (χ3v) is 11.4. The summed E-state index contributed by atoms with van der Waals surface area (Å²) < 4.78 is 15.4. The van der Waals surface area contributed by atoms with Crippen LogP contribution in [-0.2, 0) is 0 Å². The average molecular weight is 770 g/mol. The molecule has 60 heavy (non-hydrogen) atoms. The highest BCUT2D eigenvalue weighted by molar-refractivity contribution is 6.07. The van der Waals surface area contributed by atoms with Crippen LogP contribution in [0.4, 0.5) is 21.5 Å². The largest absolute Gasteiger partial charge is 0.311 e. The highest BCUT2D eigenvalue weighted by Gasteiger charge is 2.18. The molecule has 0 bridgehead atoms. The van der Waals surface area contributed by atoms with E-state index in [-0.39, 0.29) is 5.82 Å². The van der Waals surface area contributed by atoms with Crippen molar-refractivity contribution in [1.29, 1.82) is 0 Å². The lowest BCUT2D eigenvalue weighted by Gasteiger charge is -2.26. The van der Waals surface area contributed by atoms with E-state index in [0.717, 1.165) is 55.8 Å². The van der Waals surface area contributed by atoms with E-state index in [4.69, 9.17) is 0 Å². The maximum atomic E-state index is 15.4. The van der Waals surface area contributed by atoms with Gasteiger partial charge in [0.05, 0.1) is 0 Å². The summed E-state index contributed by atoms with van der Waals surface area (Å²) in [5.74, 6) is -0.222.